The number of thiophene rings is 1. The molecule has 84 valence electrons. The van der Waals surface area contributed by atoms with Crippen molar-refractivity contribution in [1.82, 2.24) is 0 Å². The van der Waals surface area contributed by atoms with Crippen LogP contribution in [-0.4, -0.2) is 0 Å². The van der Waals surface area contributed by atoms with E-state index in [1.54, 1.807) is 11.3 Å². The lowest BCUT2D eigenvalue weighted by atomic mass is 10.1. The molecule has 0 saturated heterocycles. The maximum atomic E-state index is 6.19. The van der Waals surface area contributed by atoms with Crippen LogP contribution >= 0.6 is 22.9 Å². The first kappa shape index (κ1) is 10.6. The molecule has 1 heterocycles. The van der Waals surface area contributed by atoms with Gasteiger partial charge in [-0.15, -0.1) is 11.3 Å². The number of hydrogen-bond acceptors (Lipinski definition) is 2. The molecule has 3 aromatic rings. The number of nitrogen functional groups attached to an aromatic ring is 1. The molecule has 0 bridgehead atoms. The molecule has 0 unspecified atom stereocenters. The standard InChI is InChI=1S/C14H10ClNS/c15-11-8-4-7-10-12(16)13(17-14(10)11)9-5-2-1-3-6-9/h1-8H,16H2. The number of anilines is 1. The summed E-state index contributed by atoms with van der Waals surface area (Å²) >= 11 is 7.83. The van der Waals surface area contributed by atoms with Crippen LogP contribution in [0.15, 0.2) is 48.5 Å². The van der Waals surface area contributed by atoms with Crippen molar-refractivity contribution in [3.63, 3.8) is 0 Å². The summed E-state index contributed by atoms with van der Waals surface area (Å²) < 4.78 is 1.06. The Labute approximate surface area is 108 Å². The molecule has 3 heteroatoms. The third-order valence-corrected chi connectivity index (χ3v) is 4.47. The Morgan fingerprint density at radius 2 is 1.71 bits per heavy atom. The Bertz CT molecular complexity index is 673. The fourth-order valence-corrected chi connectivity index (χ4v) is 3.33. The molecule has 0 radical (unpaired) electrons. The van der Waals surface area contributed by atoms with Gasteiger partial charge < -0.3 is 5.73 Å². The highest BCUT2D eigenvalue weighted by Crippen LogP contribution is 2.43. The highest BCUT2D eigenvalue weighted by molar-refractivity contribution is 7.23. The average molecular weight is 260 g/mol. The maximum Gasteiger partial charge on any atom is 0.0585 e. The largest absolute Gasteiger partial charge is 0.397 e. The van der Waals surface area contributed by atoms with Crippen LogP contribution < -0.4 is 5.73 Å². The summed E-state index contributed by atoms with van der Waals surface area (Å²) in [6.07, 6.45) is 0. The molecule has 0 atom stereocenters. The van der Waals surface area contributed by atoms with Gasteiger partial charge in [-0.05, 0) is 11.6 Å². The van der Waals surface area contributed by atoms with Crippen molar-refractivity contribution in [3.05, 3.63) is 53.6 Å². The fourth-order valence-electron chi connectivity index (χ4n) is 1.91. The molecule has 0 amide bonds. The predicted molar refractivity (Wildman–Crippen MR) is 76.7 cm³/mol. The zero-order valence-corrected chi connectivity index (χ0v) is 10.6. The molecule has 0 spiro atoms. The summed E-state index contributed by atoms with van der Waals surface area (Å²) in [4.78, 5) is 1.09. The van der Waals surface area contributed by atoms with Crippen molar-refractivity contribution >= 4 is 38.7 Å². The van der Waals surface area contributed by atoms with E-state index < -0.39 is 0 Å². The van der Waals surface area contributed by atoms with Crippen LogP contribution in [-0.2, 0) is 0 Å². The summed E-state index contributed by atoms with van der Waals surface area (Å²) in [7, 11) is 0. The van der Waals surface area contributed by atoms with Crippen molar-refractivity contribution in [1.29, 1.82) is 0 Å². The van der Waals surface area contributed by atoms with E-state index in [0.29, 0.717) is 0 Å². The molecule has 1 nitrogen and oxygen atoms in total. The summed E-state index contributed by atoms with van der Waals surface area (Å²) in [6.45, 7) is 0. The van der Waals surface area contributed by atoms with Gasteiger partial charge in [0.05, 0.1) is 20.3 Å². The second-order valence-electron chi connectivity index (χ2n) is 3.83. The van der Waals surface area contributed by atoms with Gasteiger partial charge in [0.15, 0.2) is 0 Å². The van der Waals surface area contributed by atoms with Crippen molar-refractivity contribution in [2.75, 3.05) is 5.73 Å². The second kappa shape index (κ2) is 4.06. The van der Waals surface area contributed by atoms with E-state index in [9.17, 15) is 0 Å². The average Bonchev–Trinajstić information content (AvgIpc) is 2.70. The molecule has 2 aromatic carbocycles. The molecule has 0 aliphatic heterocycles. The number of fused-ring (bicyclic) bond motifs is 1. The highest BCUT2D eigenvalue weighted by Gasteiger charge is 2.12. The lowest BCUT2D eigenvalue weighted by Gasteiger charge is -1.98. The van der Waals surface area contributed by atoms with E-state index in [1.165, 1.54) is 0 Å². The van der Waals surface area contributed by atoms with Crippen LogP contribution in [0, 0.1) is 0 Å². The zero-order chi connectivity index (χ0) is 11.8. The molecule has 2 N–H and O–H groups in total. The molecule has 0 aliphatic rings. The lowest BCUT2D eigenvalue weighted by molar-refractivity contribution is 1.70. The predicted octanol–water partition coefficient (Wildman–Crippen LogP) is 4.80. The lowest BCUT2D eigenvalue weighted by Crippen LogP contribution is -1.84. The van der Waals surface area contributed by atoms with Gasteiger partial charge in [-0.2, -0.15) is 0 Å². The first-order chi connectivity index (χ1) is 8.27. The van der Waals surface area contributed by atoms with E-state index in [1.807, 2.05) is 36.4 Å². The Hall–Kier alpha value is -1.51. The van der Waals surface area contributed by atoms with Crippen molar-refractivity contribution in [2.24, 2.45) is 0 Å². The molecular formula is C14H10ClNS. The van der Waals surface area contributed by atoms with E-state index in [4.69, 9.17) is 17.3 Å². The van der Waals surface area contributed by atoms with Gasteiger partial charge in [-0.3, -0.25) is 0 Å². The smallest absolute Gasteiger partial charge is 0.0585 e. The number of benzene rings is 2. The summed E-state index contributed by atoms with van der Waals surface area (Å²) in [5, 5.41) is 1.81. The van der Waals surface area contributed by atoms with Gasteiger partial charge >= 0.3 is 0 Å². The number of nitrogens with two attached hydrogens (primary N) is 1. The second-order valence-corrected chi connectivity index (χ2v) is 5.26. The van der Waals surface area contributed by atoms with Crippen LogP contribution in [0.25, 0.3) is 20.5 Å². The molecular weight excluding hydrogens is 250 g/mol. The molecule has 0 aliphatic carbocycles. The van der Waals surface area contributed by atoms with Crippen LogP contribution in [0.1, 0.15) is 0 Å². The Morgan fingerprint density at radius 3 is 2.41 bits per heavy atom. The molecule has 17 heavy (non-hydrogen) atoms. The van der Waals surface area contributed by atoms with Crippen molar-refractivity contribution in [2.45, 2.75) is 0 Å². The maximum absolute atomic E-state index is 6.19. The Kier molecular flexibility index (Phi) is 2.54. The molecule has 1 aromatic heterocycles. The molecule has 0 saturated carbocycles. The first-order valence-electron chi connectivity index (χ1n) is 5.29. The zero-order valence-electron chi connectivity index (χ0n) is 8.98. The number of halogens is 1. The SMILES string of the molecule is Nc1c(-c2ccccc2)sc2c(Cl)cccc12. The van der Waals surface area contributed by atoms with Crippen LogP contribution in [0.3, 0.4) is 0 Å². The molecule has 0 fully saturated rings. The topological polar surface area (TPSA) is 26.0 Å². The van der Waals surface area contributed by atoms with Gasteiger partial charge in [0.1, 0.15) is 0 Å². The number of hydrogen-bond donors (Lipinski definition) is 1. The van der Waals surface area contributed by atoms with Crippen LogP contribution in [0.5, 0.6) is 0 Å². The Morgan fingerprint density at radius 1 is 0.941 bits per heavy atom. The van der Waals surface area contributed by atoms with E-state index >= 15 is 0 Å². The summed E-state index contributed by atoms with van der Waals surface area (Å²) in [5.74, 6) is 0. The van der Waals surface area contributed by atoms with Crippen LogP contribution in [0.4, 0.5) is 5.69 Å². The van der Waals surface area contributed by atoms with Crippen molar-refractivity contribution in [3.8, 4) is 10.4 Å². The minimum absolute atomic E-state index is 0.765. The van der Waals surface area contributed by atoms with Gasteiger partial charge in [-0.1, -0.05) is 54.1 Å². The molecule has 3 rings (SSSR count). The van der Waals surface area contributed by atoms with Gasteiger partial charge in [0.25, 0.3) is 0 Å². The third kappa shape index (κ3) is 1.70. The quantitative estimate of drug-likeness (QED) is 0.667. The summed E-state index contributed by atoms with van der Waals surface area (Å²) in [5.41, 5.74) is 8.15. The van der Waals surface area contributed by atoms with Crippen LogP contribution in [0.2, 0.25) is 5.02 Å². The summed E-state index contributed by atoms with van der Waals surface area (Å²) in [6, 6.07) is 16.0. The highest BCUT2D eigenvalue weighted by atomic mass is 35.5. The van der Waals surface area contributed by atoms with Gasteiger partial charge in [0, 0.05) is 5.39 Å². The fraction of sp³-hybridized carbons (Fsp3) is 0. The minimum atomic E-state index is 0.765. The minimum Gasteiger partial charge on any atom is -0.397 e. The van der Waals surface area contributed by atoms with E-state index in [2.05, 4.69) is 12.1 Å². The normalized spacial score (nSPS) is 10.9. The Balaban J connectivity index is 2.32. The van der Waals surface area contributed by atoms with Gasteiger partial charge in [-0.25, -0.2) is 0 Å². The monoisotopic (exact) mass is 259 g/mol. The van der Waals surface area contributed by atoms with Gasteiger partial charge in [0.2, 0.25) is 0 Å². The first-order valence-corrected chi connectivity index (χ1v) is 6.49. The van der Waals surface area contributed by atoms with E-state index in [-0.39, 0.29) is 0 Å². The third-order valence-electron chi connectivity index (χ3n) is 2.74. The van der Waals surface area contributed by atoms with E-state index in [0.717, 1.165) is 31.2 Å². The van der Waals surface area contributed by atoms with Crippen molar-refractivity contribution < 1.29 is 0 Å². The number of rotatable bonds is 1.